The lowest BCUT2D eigenvalue weighted by Gasteiger charge is -2.38. The van der Waals surface area contributed by atoms with Crippen LogP contribution in [0.1, 0.15) is 73.6 Å². The minimum Gasteiger partial charge on any atom is -0.392 e. The molecule has 1 nitrogen and oxygen atoms in total. The molecule has 0 aliphatic heterocycles. The van der Waals surface area contributed by atoms with Crippen molar-refractivity contribution in [2.45, 2.75) is 96.4 Å². The fourth-order valence-electron chi connectivity index (χ4n) is 3.53. The van der Waals surface area contributed by atoms with E-state index in [0.717, 1.165) is 25.7 Å². The standard InChI is InChI=1S/C19H36OSi/c1-8-9-10-11-13-19(20)14-12-15-21(16(2)3,17(4)5)18(6)7/h8,16-20H,1,9-11,13-14H2,2-7H3/t19-/m0/s1. The molecule has 0 heterocycles. The van der Waals surface area contributed by atoms with Crippen LogP contribution in [-0.2, 0) is 0 Å². The van der Waals surface area contributed by atoms with Gasteiger partial charge in [0.1, 0.15) is 8.07 Å². The van der Waals surface area contributed by atoms with Gasteiger partial charge in [-0.25, -0.2) is 0 Å². The molecule has 0 aromatic carbocycles. The Bertz CT molecular complexity index is 325. The summed E-state index contributed by atoms with van der Waals surface area (Å²) < 4.78 is 0. The van der Waals surface area contributed by atoms with Crippen molar-refractivity contribution in [1.29, 1.82) is 0 Å². The van der Waals surface area contributed by atoms with Gasteiger partial charge in [0.25, 0.3) is 0 Å². The predicted molar refractivity (Wildman–Crippen MR) is 98.1 cm³/mol. The quantitative estimate of drug-likeness (QED) is 0.250. The van der Waals surface area contributed by atoms with Crippen LogP contribution in [0.5, 0.6) is 0 Å². The molecule has 0 aromatic rings. The van der Waals surface area contributed by atoms with Gasteiger partial charge in [0.2, 0.25) is 0 Å². The second-order valence-electron chi connectivity index (χ2n) is 7.13. The first-order chi connectivity index (χ1) is 9.78. The van der Waals surface area contributed by atoms with Gasteiger partial charge in [-0.2, -0.15) is 0 Å². The van der Waals surface area contributed by atoms with E-state index in [1.54, 1.807) is 0 Å². The van der Waals surface area contributed by atoms with Gasteiger partial charge in [0.15, 0.2) is 0 Å². The Hall–Kier alpha value is -0.523. The number of unbranched alkanes of at least 4 members (excludes halogenated alkanes) is 2. The van der Waals surface area contributed by atoms with E-state index in [1.165, 1.54) is 0 Å². The third kappa shape index (κ3) is 6.40. The largest absolute Gasteiger partial charge is 0.392 e. The first-order valence-corrected chi connectivity index (χ1v) is 10.8. The Kier molecular flexibility index (Phi) is 9.99. The molecule has 1 N–H and O–H groups in total. The van der Waals surface area contributed by atoms with Crippen molar-refractivity contribution in [3.63, 3.8) is 0 Å². The molecule has 0 aliphatic carbocycles. The van der Waals surface area contributed by atoms with Gasteiger partial charge in [0.05, 0.1) is 6.10 Å². The van der Waals surface area contributed by atoms with Crippen LogP contribution in [-0.4, -0.2) is 19.3 Å². The van der Waals surface area contributed by atoms with Crippen LogP contribution in [0.2, 0.25) is 16.6 Å². The molecular weight excluding hydrogens is 272 g/mol. The van der Waals surface area contributed by atoms with Gasteiger partial charge < -0.3 is 5.11 Å². The van der Waals surface area contributed by atoms with E-state index >= 15 is 0 Å². The molecule has 0 radical (unpaired) electrons. The lowest BCUT2D eigenvalue weighted by atomic mass is 10.1. The zero-order chi connectivity index (χ0) is 16.5. The molecule has 0 saturated carbocycles. The summed E-state index contributed by atoms with van der Waals surface area (Å²) in [6, 6.07) is 0. The molecule has 0 bridgehead atoms. The van der Waals surface area contributed by atoms with Crippen molar-refractivity contribution in [2.24, 2.45) is 0 Å². The zero-order valence-electron chi connectivity index (χ0n) is 15.1. The Morgan fingerprint density at radius 2 is 1.52 bits per heavy atom. The van der Waals surface area contributed by atoms with Gasteiger partial charge in [-0.15, -0.1) is 18.0 Å². The number of aliphatic hydroxyl groups is 1. The highest BCUT2D eigenvalue weighted by Crippen LogP contribution is 2.40. The lowest BCUT2D eigenvalue weighted by molar-refractivity contribution is 0.166. The molecule has 21 heavy (non-hydrogen) atoms. The fourth-order valence-corrected chi connectivity index (χ4v) is 8.80. The van der Waals surface area contributed by atoms with E-state index < -0.39 is 8.07 Å². The van der Waals surface area contributed by atoms with Crippen LogP contribution in [0.4, 0.5) is 0 Å². The molecule has 0 aliphatic rings. The predicted octanol–water partition coefficient (Wildman–Crippen LogP) is 5.71. The maximum Gasteiger partial charge on any atom is 0.145 e. The summed E-state index contributed by atoms with van der Waals surface area (Å²) in [5.41, 5.74) is 5.66. The Morgan fingerprint density at radius 3 is 1.95 bits per heavy atom. The first kappa shape index (κ1) is 20.5. The minimum absolute atomic E-state index is 0.263. The van der Waals surface area contributed by atoms with Crippen LogP contribution < -0.4 is 0 Å². The van der Waals surface area contributed by atoms with E-state index in [4.69, 9.17) is 0 Å². The van der Waals surface area contributed by atoms with E-state index in [-0.39, 0.29) is 6.10 Å². The number of allylic oxidation sites excluding steroid dienone is 1. The summed E-state index contributed by atoms with van der Waals surface area (Å²) in [5.74, 6) is 3.35. The van der Waals surface area contributed by atoms with Crippen LogP contribution in [0.15, 0.2) is 12.7 Å². The molecule has 0 spiro atoms. The monoisotopic (exact) mass is 308 g/mol. The third-order valence-electron chi connectivity index (χ3n) is 4.70. The normalized spacial score (nSPS) is 13.4. The topological polar surface area (TPSA) is 20.2 Å². The highest BCUT2D eigenvalue weighted by atomic mass is 28.3. The number of aliphatic hydroxyl groups excluding tert-OH is 1. The smallest absolute Gasteiger partial charge is 0.145 e. The molecular formula is C19H36OSi. The molecule has 0 fully saturated rings. The third-order valence-corrected chi connectivity index (χ3v) is 11.0. The van der Waals surface area contributed by atoms with Gasteiger partial charge in [-0.1, -0.05) is 54.0 Å². The van der Waals surface area contributed by atoms with Gasteiger partial charge in [-0.3, -0.25) is 0 Å². The number of hydrogen-bond donors (Lipinski definition) is 1. The molecule has 122 valence electrons. The summed E-state index contributed by atoms with van der Waals surface area (Å²) in [7, 11) is -1.62. The molecule has 0 rings (SSSR count). The summed E-state index contributed by atoms with van der Waals surface area (Å²) in [5, 5.41) is 10.0. The van der Waals surface area contributed by atoms with Crippen LogP contribution in [0.3, 0.4) is 0 Å². The molecule has 1 atom stereocenters. The minimum atomic E-state index is -1.62. The molecule has 0 amide bonds. The van der Waals surface area contributed by atoms with Crippen molar-refractivity contribution in [2.75, 3.05) is 0 Å². The fraction of sp³-hybridized carbons (Fsp3) is 0.789. The Morgan fingerprint density at radius 1 is 1.00 bits per heavy atom. The van der Waals surface area contributed by atoms with Crippen molar-refractivity contribution in [3.8, 4) is 11.5 Å². The van der Waals surface area contributed by atoms with Crippen molar-refractivity contribution in [1.82, 2.24) is 0 Å². The summed E-state index contributed by atoms with van der Waals surface area (Å²) in [6.07, 6.45) is 6.41. The Labute approximate surface area is 134 Å². The highest BCUT2D eigenvalue weighted by molar-refractivity contribution is 6.90. The second-order valence-corrected chi connectivity index (χ2v) is 12.7. The summed E-state index contributed by atoms with van der Waals surface area (Å²) >= 11 is 0. The molecule has 0 saturated heterocycles. The van der Waals surface area contributed by atoms with Crippen LogP contribution >= 0.6 is 0 Å². The van der Waals surface area contributed by atoms with Gasteiger partial charge in [-0.05, 0) is 35.9 Å². The van der Waals surface area contributed by atoms with Crippen LogP contribution in [0.25, 0.3) is 0 Å². The van der Waals surface area contributed by atoms with E-state index in [1.807, 2.05) is 6.08 Å². The van der Waals surface area contributed by atoms with Crippen molar-refractivity contribution < 1.29 is 5.11 Å². The lowest BCUT2D eigenvalue weighted by Crippen LogP contribution is -2.43. The average Bonchev–Trinajstić information content (AvgIpc) is 2.38. The molecule has 2 heteroatoms. The Balaban J connectivity index is 4.64. The van der Waals surface area contributed by atoms with E-state index in [0.29, 0.717) is 23.0 Å². The summed E-state index contributed by atoms with van der Waals surface area (Å²) in [6.45, 7) is 17.7. The molecule has 0 unspecified atom stereocenters. The highest BCUT2D eigenvalue weighted by Gasteiger charge is 2.41. The van der Waals surface area contributed by atoms with Gasteiger partial charge >= 0.3 is 0 Å². The second kappa shape index (κ2) is 10.2. The maximum absolute atomic E-state index is 10.0. The molecule has 0 aromatic heterocycles. The SMILES string of the molecule is C=CCCCC[C@H](O)CC#C[Si](C(C)C)(C(C)C)C(C)C. The van der Waals surface area contributed by atoms with Crippen molar-refractivity contribution >= 4 is 8.07 Å². The van der Waals surface area contributed by atoms with Crippen LogP contribution in [0, 0.1) is 11.5 Å². The first-order valence-electron chi connectivity index (χ1n) is 8.57. The van der Waals surface area contributed by atoms with Gasteiger partial charge in [0, 0.05) is 6.42 Å². The average molecular weight is 309 g/mol. The summed E-state index contributed by atoms with van der Waals surface area (Å²) in [4.78, 5) is 0. The zero-order valence-corrected chi connectivity index (χ0v) is 16.1. The number of hydrogen-bond acceptors (Lipinski definition) is 1. The maximum atomic E-state index is 10.0. The van der Waals surface area contributed by atoms with E-state index in [9.17, 15) is 5.11 Å². The number of rotatable bonds is 9. The van der Waals surface area contributed by atoms with E-state index in [2.05, 4.69) is 59.6 Å². The van der Waals surface area contributed by atoms with Crippen molar-refractivity contribution in [3.05, 3.63) is 12.7 Å².